The molecule has 0 unspecified atom stereocenters. The first-order valence-electron chi connectivity index (χ1n) is 6.06. The molecule has 0 fully saturated rings. The lowest BCUT2D eigenvalue weighted by Gasteiger charge is -2.08. The summed E-state index contributed by atoms with van der Waals surface area (Å²) in [7, 11) is 1.29. The molecule has 0 amide bonds. The van der Waals surface area contributed by atoms with Crippen molar-refractivity contribution in [2.45, 2.75) is 9.79 Å². The second kappa shape index (κ2) is 5.13. The molecule has 1 heterocycles. The highest BCUT2D eigenvalue weighted by Crippen LogP contribution is 2.38. The summed E-state index contributed by atoms with van der Waals surface area (Å²) in [6.45, 7) is 0. The van der Waals surface area contributed by atoms with Gasteiger partial charge in [0.2, 0.25) is 0 Å². The van der Waals surface area contributed by atoms with E-state index < -0.39 is 11.8 Å². The third kappa shape index (κ3) is 2.23. The number of hydrogen-bond donors (Lipinski definition) is 0. The van der Waals surface area contributed by atoms with Crippen molar-refractivity contribution in [2.24, 2.45) is 0 Å². The number of esters is 1. The zero-order valence-corrected chi connectivity index (χ0v) is 11.5. The van der Waals surface area contributed by atoms with E-state index in [1.165, 1.54) is 24.9 Å². The molecule has 2 aromatic rings. The van der Waals surface area contributed by atoms with Gasteiger partial charge < -0.3 is 4.74 Å². The molecule has 0 spiro atoms. The van der Waals surface area contributed by atoms with Crippen molar-refractivity contribution in [1.82, 2.24) is 0 Å². The minimum absolute atomic E-state index is 0.226. The average molecular weight is 286 g/mol. The van der Waals surface area contributed by atoms with Gasteiger partial charge in [0.25, 0.3) is 0 Å². The lowest BCUT2D eigenvalue weighted by atomic mass is 10.1. The Bertz CT molecular complexity index is 722. The van der Waals surface area contributed by atoms with Gasteiger partial charge >= 0.3 is 5.97 Å². The molecule has 1 aliphatic rings. The third-order valence-electron chi connectivity index (χ3n) is 3.08. The fourth-order valence-corrected chi connectivity index (χ4v) is 3.18. The van der Waals surface area contributed by atoms with Crippen LogP contribution in [-0.2, 0) is 4.74 Å². The van der Waals surface area contributed by atoms with Crippen LogP contribution < -0.4 is 0 Å². The number of ether oxygens (including phenoxy) is 1. The van der Waals surface area contributed by atoms with Crippen molar-refractivity contribution in [2.75, 3.05) is 7.11 Å². The van der Waals surface area contributed by atoms with Crippen molar-refractivity contribution in [3.8, 4) is 0 Å². The lowest BCUT2D eigenvalue weighted by Crippen LogP contribution is -2.03. The minimum Gasteiger partial charge on any atom is -0.465 e. The van der Waals surface area contributed by atoms with E-state index in [4.69, 9.17) is 0 Å². The average Bonchev–Trinajstić information content (AvgIpc) is 2.65. The van der Waals surface area contributed by atoms with Crippen molar-refractivity contribution in [1.29, 1.82) is 0 Å². The smallest absolute Gasteiger partial charge is 0.337 e. The minimum atomic E-state index is -0.534. The quantitative estimate of drug-likeness (QED) is 0.626. The zero-order valence-electron chi connectivity index (χ0n) is 10.7. The van der Waals surface area contributed by atoms with Gasteiger partial charge in [0.1, 0.15) is 5.82 Å². The van der Waals surface area contributed by atoms with Crippen LogP contribution in [0, 0.1) is 5.82 Å². The molecule has 0 atom stereocenters. The second-order valence-electron chi connectivity index (χ2n) is 4.33. The standard InChI is InChI=1S/C16H11FO2S/c1-19-16(18)11-8-13(17)12-7-6-10-4-2-3-5-14(10)20-15(12)9-11/h2-9H,1H3. The lowest BCUT2D eigenvalue weighted by molar-refractivity contribution is 0.0600. The molecule has 2 nitrogen and oxygen atoms in total. The first-order valence-corrected chi connectivity index (χ1v) is 6.87. The Kier molecular flexibility index (Phi) is 3.32. The van der Waals surface area contributed by atoms with Crippen molar-refractivity contribution in [3.63, 3.8) is 0 Å². The molecule has 0 N–H and O–H groups in total. The van der Waals surface area contributed by atoms with Gasteiger partial charge in [-0.1, -0.05) is 42.1 Å². The van der Waals surface area contributed by atoms with Gasteiger partial charge in [-0.25, -0.2) is 9.18 Å². The maximum absolute atomic E-state index is 14.2. The Labute approximate surface area is 120 Å². The normalized spacial score (nSPS) is 12.3. The van der Waals surface area contributed by atoms with E-state index in [1.54, 1.807) is 12.1 Å². The first kappa shape index (κ1) is 12.9. The molecule has 0 radical (unpaired) electrons. The van der Waals surface area contributed by atoms with Gasteiger partial charge in [0.15, 0.2) is 0 Å². The highest BCUT2D eigenvalue weighted by atomic mass is 32.2. The number of methoxy groups -OCH3 is 1. The second-order valence-corrected chi connectivity index (χ2v) is 5.42. The number of benzene rings is 2. The predicted molar refractivity (Wildman–Crippen MR) is 77.2 cm³/mol. The highest BCUT2D eigenvalue weighted by molar-refractivity contribution is 7.99. The summed E-state index contributed by atoms with van der Waals surface area (Å²) < 4.78 is 18.8. The van der Waals surface area contributed by atoms with E-state index in [0.717, 1.165) is 10.5 Å². The number of fused-ring (bicyclic) bond motifs is 2. The molecule has 3 rings (SSSR count). The maximum Gasteiger partial charge on any atom is 0.337 e. The van der Waals surface area contributed by atoms with Crippen molar-refractivity contribution < 1.29 is 13.9 Å². The van der Waals surface area contributed by atoms with Crippen LogP contribution in [0.1, 0.15) is 21.5 Å². The monoisotopic (exact) mass is 286 g/mol. The van der Waals surface area contributed by atoms with Crippen molar-refractivity contribution >= 4 is 29.9 Å². The van der Waals surface area contributed by atoms with Crippen LogP contribution in [-0.4, -0.2) is 13.1 Å². The van der Waals surface area contributed by atoms with Gasteiger partial charge in [-0.05, 0) is 23.8 Å². The van der Waals surface area contributed by atoms with Crippen LogP contribution in [0.15, 0.2) is 46.2 Å². The van der Waals surface area contributed by atoms with E-state index >= 15 is 0 Å². The van der Waals surface area contributed by atoms with Crippen LogP contribution in [0.5, 0.6) is 0 Å². The molecule has 4 heteroatoms. The van der Waals surface area contributed by atoms with E-state index in [2.05, 4.69) is 4.74 Å². The van der Waals surface area contributed by atoms with E-state index in [0.29, 0.717) is 10.5 Å². The summed E-state index contributed by atoms with van der Waals surface area (Å²) in [6.07, 6.45) is 3.62. The van der Waals surface area contributed by atoms with Gasteiger partial charge in [0.05, 0.1) is 12.7 Å². The van der Waals surface area contributed by atoms with E-state index in [-0.39, 0.29) is 5.56 Å². The summed E-state index contributed by atoms with van der Waals surface area (Å²) in [4.78, 5) is 13.3. The molecule has 0 aliphatic carbocycles. The summed E-state index contributed by atoms with van der Waals surface area (Å²) >= 11 is 1.45. The summed E-state index contributed by atoms with van der Waals surface area (Å²) in [6, 6.07) is 10.7. The third-order valence-corrected chi connectivity index (χ3v) is 4.23. The Morgan fingerprint density at radius 3 is 2.75 bits per heavy atom. The fourth-order valence-electron chi connectivity index (χ4n) is 2.08. The number of carbonyl (C=O) groups is 1. The van der Waals surface area contributed by atoms with Crippen molar-refractivity contribution in [3.05, 3.63) is 58.9 Å². The Morgan fingerprint density at radius 1 is 1.15 bits per heavy atom. The SMILES string of the molecule is COC(=O)c1cc(F)c2c(c1)Sc1ccccc1C=C2. The molecule has 0 aromatic heterocycles. The fraction of sp³-hybridized carbons (Fsp3) is 0.0625. The molecular weight excluding hydrogens is 275 g/mol. The number of rotatable bonds is 1. The predicted octanol–water partition coefficient (Wildman–Crippen LogP) is 4.25. The van der Waals surface area contributed by atoms with Crippen LogP contribution in [0.25, 0.3) is 12.2 Å². The maximum atomic E-state index is 14.2. The Hall–Kier alpha value is -2.07. The molecule has 0 bridgehead atoms. The summed E-state index contributed by atoms with van der Waals surface area (Å²) in [5, 5.41) is 0. The summed E-state index contributed by atoms with van der Waals surface area (Å²) in [5.74, 6) is -0.951. The zero-order chi connectivity index (χ0) is 14.1. The molecule has 0 saturated heterocycles. The van der Waals surface area contributed by atoms with Gasteiger partial charge in [0, 0.05) is 15.4 Å². The topological polar surface area (TPSA) is 26.3 Å². The molecule has 1 aliphatic heterocycles. The molecule has 20 heavy (non-hydrogen) atoms. The van der Waals surface area contributed by atoms with Gasteiger partial charge in [-0.15, -0.1) is 0 Å². The molecule has 100 valence electrons. The van der Waals surface area contributed by atoms with Crippen LogP contribution >= 0.6 is 11.8 Å². The van der Waals surface area contributed by atoms with Gasteiger partial charge in [-0.2, -0.15) is 0 Å². The Balaban J connectivity index is 2.15. The number of hydrogen-bond acceptors (Lipinski definition) is 3. The van der Waals surface area contributed by atoms with Crippen LogP contribution in [0.2, 0.25) is 0 Å². The molecule has 2 aromatic carbocycles. The molecular formula is C16H11FO2S. The van der Waals surface area contributed by atoms with E-state index in [1.807, 2.05) is 30.3 Å². The van der Waals surface area contributed by atoms with E-state index in [9.17, 15) is 9.18 Å². The van der Waals surface area contributed by atoms with Crippen LogP contribution in [0.4, 0.5) is 4.39 Å². The highest BCUT2D eigenvalue weighted by Gasteiger charge is 2.17. The number of halogens is 1. The molecule has 0 saturated carbocycles. The number of carbonyl (C=O) groups excluding carboxylic acids is 1. The first-order chi connectivity index (χ1) is 9.69. The summed E-state index contributed by atoms with van der Waals surface area (Å²) in [5.41, 5.74) is 1.76. The Morgan fingerprint density at radius 2 is 1.95 bits per heavy atom. The van der Waals surface area contributed by atoms with Crippen LogP contribution in [0.3, 0.4) is 0 Å². The van der Waals surface area contributed by atoms with Gasteiger partial charge in [-0.3, -0.25) is 0 Å². The largest absolute Gasteiger partial charge is 0.465 e.